The molecule has 0 saturated carbocycles. The Morgan fingerprint density at radius 1 is 1.33 bits per heavy atom. The van der Waals surface area contributed by atoms with Crippen molar-refractivity contribution in [1.29, 1.82) is 0 Å². The summed E-state index contributed by atoms with van der Waals surface area (Å²) in [5.74, 6) is 0.461. The average molecular weight is 244 g/mol. The number of aliphatic hydroxyl groups is 1. The monoisotopic (exact) mass is 244 g/mol. The van der Waals surface area contributed by atoms with Gasteiger partial charge in [-0.2, -0.15) is 0 Å². The van der Waals surface area contributed by atoms with Gasteiger partial charge in [-0.05, 0) is 30.9 Å². The molecule has 3 nitrogen and oxygen atoms in total. The lowest BCUT2D eigenvalue weighted by Gasteiger charge is -2.14. The number of rotatable bonds is 5. The van der Waals surface area contributed by atoms with Gasteiger partial charge in [0.05, 0.1) is 5.52 Å². The second kappa shape index (κ2) is 5.83. The van der Waals surface area contributed by atoms with E-state index in [4.69, 9.17) is 5.11 Å². The summed E-state index contributed by atoms with van der Waals surface area (Å²) in [5.41, 5.74) is 3.37. The van der Waals surface area contributed by atoms with Gasteiger partial charge in [0.15, 0.2) is 0 Å². The van der Waals surface area contributed by atoms with Crippen LogP contribution in [0.2, 0.25) is 0 Å². The normalized spacial score (nSPS) is 12.6. The van der Waals surface area contributed by atoms with Crippen molar-refractivity contribution < 1.29 is 5.11 Å². The Balaban J connectivity index is 2.21. The Morgan fingerprint density at radius 2 is 2.17 bits per heavy atom. The molecule has 1 unspecified atom stereocenters. The lowest BCUT2D eigenvalue weighted by atomic mass is 10.1. The molecule has 96 valence electrons. The van der Waals surface area contributed by atoms with Crippen molar-refractivity contribution in [3.8, 4) is 0 Å². The van der Waals surface area contributed by atoms with Gasteiger partial charge in [-0.25, -0.2) is 0 Å². The molecule has 1 heterocycles. The summed E-state index contributed by atoms with van der Waals surface area (Å²) in [5, 5.41) is 13.5. The molecule has 0 aliphatic carbocycles. The van der Waals surface area contributed by atoms with Crippen LogP contribution in [0.15, 0.2) is 30.5 Å². The Hall–Kier alpha value is -1.61. The van der Waals surface area contributed by atoms with Crippen LogP contribution in [0.1, 0.15) is 18.9 Å². The molecule has 0 aliphatic heterocycles. The van der Waals surface area contributed by atoms with Crippen molar-refractivity contribution in [2.24, 2.45) is 5.92 Å². The minimum atomic E-state index is 0.249. The summed E-state index contributed by atoms with van der Waals surface area (Å²) >= 11 is 0. The average Bonchev–Trinajstić information content (AvgIpc) is 2.37. The predicted octanol–water partition coefficient (Wildman–Crippen LogP) is 2.97. The molecule has 0 aliphatic rings. The molecule has 1 atom stereocenters. The van der Waals surface area contributed by atoms with Crippen molar-refractivity contribution in [2.45, 2.75) is 20.3 Å². The van der Waals surface area contributed by atoms with E-state index < -0.39 is 0 Å². The second-order valence-electron chi connectivity index (χ2n) is 4.83. The largest absolute Gasteiger partial charge is 0.396 e. The second-order valence-corrected chi connectivity index (χ2v) is 4.83. The fourth-order valence-corrected chi connectivity index (χ4v) is 2.08. The highest BCUT2D eigenvalue weighted by Crippen LogP contribution is 2.23. The molecule has 0 fully saturated rings. The van der Waals surface area contributed by atoms with Gasteiger partial charge >= 0.3 is 0 Å². The summed E-state index contributed by atoms with van der Waals surface area (Å²) in [4.78, 5) is 4.42. The van der Waals surface area contributed by atoms with Crippen LogP contribution in [-0.4, -0.2) is 23.2 Å². The Bertz CT molecular complexity index is 525. The SMILES string of the molecule is Cc1cccc2c(NCC(C)CCO)ccnc12. The van der Waals surface area contributed by atoms with Gasteiger partial charge in [0.2, 0.25) is 0 Å². The number of hydrogen-bond acceptors (Lipinski definition) is 3. The number of pyridine rings is 1. The molecule has 1 aromatic carbocycles. The zero-order valence-corrected chi connectivity index (χ0v) is 11.0. The van der Waals surface area contributed by atoms with Gasteiger partial charge in [0.25, 0.3) is 0 Å². The van der Waals surface area contributed by atoms with Gasteiger partial charge in [0.1, 0.15) is 0 Å². The molecule has 0 radical (unpaired) electrons. The van der Waals surface area contributed by atoms with Crippen LogP contribution in [0.5, 0.6) is 0 Å². The first kappa shape index (κ1) is 12.8. The van der Waals surface area contributed by atoms with E-state index in [0.717, 1.165) is 29.6 Å². The molecular formula is C15H20N2O. The molecule has 2 N–H and O–H groups in total. The van der Waals surface area contributed by atoms with Crippen LogP contribution in [0.3, 0.4) is 0 Å². The molecule has 1 aromatic heterocycles. The standard InChI is InChI=1S/C15H20N2O/c1-11(7-9-18)10-17-14-6-8-16-15-12(2)4-3-5-13(14)15/h3-6,8,11,18H,7,9-10H2,1-2H3,(H,16,17). The number of aryl methyl sites for hydroxylation is 1. The minimum absolute atomic E-state index is 0.249. The summed E-state index contributed by atoms with van der Waals surface area (Å²) in [6, 6.07) is 8.23. The molecule has 2 aromatic rings. The van der Waals surface area contributed by atoms with E-state index in [0.29, 0.717) is 5.92 Å². The molecule has 3 heteroatoms. The lowest BCUT2D eigenvalue weighted by Crippen LogP contribution is -2.12. The fourth-order valence-electron chi connectivity index (χ4n) is 2.08. The summed E-state index contributed by atoms with van der Waals surface area (Å²) in [7, 11) is 0. The Kier molecular flexibility index (Phi) is 4.15. The van der Waals surface area contributed by atoms with E-state index in [2.05, 4.69) is 42.3 Å². The third-order valence-electron chi connectivity index (χ3n) is 3.24. The maximum atomic E-state index is 8.90. The van der Waals surface area contributed by atoms with Gasteiger partial charge in [0, 0.05) is 30.4 Å². The van der Waals surface area contributed by atoms with E-state index in [1.54, 1.807) is 0 Å². The quantitative estimate of drug-likeness (QED) is 0.850. The Morgan fingerprint density at radius 3 is 2.94 bits per heavy atom. The molecule has 0 bridgehead atoms. The van der Waals surface area contributed by atoms with Crippen LogP contribution < -0.4 is 5.32 Å². The van der Waals surface area contributed by atoms with Crippen LogP contribution in [0, 0.1) is 12.8 Å². The maximum absolute atomic E-state index is 8.90. The van der Waals surface area contributed by atoms with Crippen LogP contribution >= 0.6 is 0 Å². The van der Waals surface area contributed by atoms with Gasteiger partial charge in [-0.3, -0.25) is 4.98 Å². The van der Waals surface area contributed by atoms with Crippen LogP contribution in [0.25, 0.3) is 10.9 Å². The number of aromatic nitrogens is 1. The minimum Gasteiger partial charge on any atom is -0.396 e. The number of nitrogens with one attached hydrogen (secondary N) is 1. The first-order valence-corrected chi connectivity index (χ1v) is 6.41. The van der Waals surface area contributed by atoms with Crippen LogP contribution in [-0.2, 0) is 0 Å². The van der Waals surface area contributed by atoms with Crippen molar-refractivity contribution >= 4 is 16.6 Å². The number of para-hydroxylation sites is 1. The van der Waals surface area contributed by atoms with Gasteiger partial charge in [-0.15, -0.1) is 0 Å². The molecule has 2 rings (SSSR count). The zero-order chi connectivity index (χ0) is 13.0. The maximum Gasteiger partial charge on any atom is 0.0751 e. The molecule has 0 spiro atoms. The summed E-state index contributed by atoms with van der Waals surface area (Å²) in [6.45, 7) is 5.33. The Labute approximate surface area is 108 Å². The summed E-state index contributed by atoms with van der Waals surface area (Å²) < 4.78 is 0. The highest BCUT2D eigenvalue weighted by molar-refractivity contribution is 5.92. The smallest absolute Gasteiger partial charge is 0.0751 e. The zero-order valence-electron chi connectivity index (χ0n) is 11.0. The third kappa shape index (κ3) is 2.79. The van der Waals surface area contributed by atoms with Crippen LogP contribution in [0.4, 0.5) is 5.69 Å². The van der Waals surface area contributed by atoms with Gasteiger partial charge < -0.3 is 10.4 Å². The van der Waals surface area contributed by atoms with Crippen molar-refractivity contribution in [2.75, 3.05) is 18.5 Å². The number of benzene rings is 1. The topological polar surface area (TPSA) is 45.1 Å². The third-order valence-corrected chi connectivity index (χ3v) is 3.24. The highest BCUT2D eigenvalue weighted by Gasteiger charge is 2.05. The van der Waals surface area contributed by atoms with E-state index in [1.165, 1.54) is 5.56 Å². The first-order chi connectivity index (χ1) is 8.72. The molecule has 18 heavy (non-hydrogen) atoms. The molecule has 0 amide bonds. The highest BCUT2D eigenvalue weighted by atomic mass is 16.3. The van der Waals surface area contributed by atoms with E-state index >= 15 is 0 Å². The lowest BCUT2D eigenvalue weighted by molar-refractivity contribution is 0.266. The van der Waals surface area contributed by atoms with Crippen molar-refractivity contribution in [1.82, 2.24) is 4.98 Å². The number of anilines is 1. The predicted molar refractivity (Wildman–Crippen MR) is 75.8 cm³/mol. The van der Waals surface area contributed by atoms with E-state index in [1.807, 2.05) is 12.3 Å². The van der Waals surface area contributed by atoms with Crippen molar-refractivity contribution in [3.05, 3.63) is 36.0 Å². The van der Waals surface area contributed by atoms with E-state index in [-0.39, 0.29) is 6.61 Å². The first-order valence-electron chi connectivity index (χ1n) is 6.41. The number of hydrogen-bond donors (Lipinski definition) is 2. The fraction of sp³-hybridized carbons (Fsp3) is 0.400. The van der Waals surface area contributed by atoms with Gasteiger partial charge in [-0.1, -0.05) is 25.1 Å². The molecular weight excluding hydrogens is 224 g/mol. The van der Waals surface area contributed by atoms with Crippen molar-refractivity contribution in [3.63, 3.8) is 0 Å². The number of nitrogens with zero attached hydrogens (tertiary/aromatic N) is 1. The van der Waals surface area contributed by atoms with E-state index in [9.17, 15) is 0 Å². The number of fused-ring (bicyclic) bond motifs is 1. The molecule has 0 saturated heterocycles. The number of aliphatic hydroxyl groups excluding tert-OH is 1. The summed E-state index contributed by atoms with van der Waals surface area (Å²) in [6.07, 6.45) is 2.67.